The molecule has 1 atom stereocenters. The maximum atomic E-state index is 13.5. The van der Waals surface area contributed by atoms with Gasteiger partial charge < -0.3 is 4.74 Å². The Kier molecular flexibility index (Phi) is 5.21. The molecule has 0 radical (unpaired) electrons. The Hall–Kier alpha value is -2.44. The summed E-state index contributed by atoms with van der Waals surface area (Å²) in [5, 5.41) is 0. The Morgan fingerprint density at radius 1 is 0.917 bits per heavy atom. The standard InChI is InChI=1S/C17H13F5O2/c1-3-8(2)9-4-6-10(7-5-9)24-17(23)11-12(18)14(20)16(22)15(21)13(11)19/h4-8H,3H2,1-2H3. The zero-order valence-corrected chi connectivity index (χ0v) is 12.8. The molecule has 0 spiro atoms. The summed E-state index contributed by atoms with van der Waals surface area (Å²) in [5.41, 5.74) is -0.675. The third-order valence-electron chi connectivity index (χ3n) is 3.69. The summed E-state index contributed by atoms with van der Waals surface area (Å²) < 4.78 is 71.0. The second kappa shape index (κ2) is 6.98. The zero-order valence-electron chi connectivity index (χ0n) is 12.8. The van der Waals surface area contributed by atoms with Crippen molar-refractivity contribution in [2.45, 2.75) is 26.2 Å². The molecule has 0 heterocycles. The molecule has 24 heavy (non-hydrogen) atoms. The van der Waals surface area contributed by atoms with Crippen molar-refractivity contribution in [2.24, 2.45) is 0 Å². The number of rotatable bonds is 4. The Bertz CT molecular complexity index is 743. The summed E-state index contributed by atoms with van der Waals surface area (Å²) >= 11 is 0. The minimum atomic E-state index is -2.33. The van der Waals surface area contributed by atoms with Crippen LogP contribution >= 0.6 is 0 Å². The quantitative estimate of drug-likeness (QED) is 0.253. The lowest BCUT2D eigenvalue weighted by Gasteiger charge is -2.11. The van der Waals surface area contributed by atoms with Crippen molar-refractivity contribution in [3.8, 4) is 5.75 Å². The van der Waals surface area contributed by atoms with Gasteiger partial charge in [0.25, 0.3) is 0 Å². The highest BCUT2D eigenvalue weighted by Crippen LogP contribution is 2.26. The lowest BCUT2D eigenvalue weighted by molar-refractivity contribution is 0.0721. The van der Waals surface area contributed by atoms with Crippen LogP contribution in [0.5, 0.6) is 5.75 Å². The molecule has 0 aromatic heterocycles. The van der Waals surface area contributed by atoms with Gasteiger partial charge >= 0.3 is 5.97 Å². The van der Waals surface area contributed by atoms with Gasteiger partial charge in [-0.1, -0.05) is 26.0 Å². The second-order valence-corrected chi connectivity index (χ2v) is 5.21. The van der Waals surface area contributed by atoms with E-state index < -0.39 is 40.6 Å². The second-order valence-electron chi connectivity index (χ2n) is 5.21. The molecule has 2 aromatic rings. The van der Waals surface area contributed by atoms with Crippen LogP contribution in [-0.4, -0.2) is 5.97 Å². The van der Waals surface area contributed by atoms with Crippen molar-refractivity contribution >= 4 is 5.97 Å². The van der Waals surface area contributed by atoms with Crippen molar-refractivity contribution in [3.05, 3.63) is 64.5 Å². The predicted octanol–water partition coefficient (Wildman–Crippen LogP) is 5.11. The van der Waals surface area contributed by atoms with E-state index in [2.05, 4.69) is 0 Å². The molecule has 0 saturated carbocycles. The first-order valence-electron chi connectivity index (χ1n) is 7.11. The Balaban J connectivity index is 2.31. The molecule has 2 rings (SSSR count). The Morgan fingerprint density at radius 3 is 1.83 bits per heavy atom. The molecule has 0 aliphatic rings. The van der Waals surface area contributed by atoms with Crippen LogP contribution < -0.4 is 4.74 Å². The highest BCUT2D eigenvalue weighted by molar-refractivity contribution is 5.91. The minimum absolute atomic E-state index is 0.0732. The summed E-state index contributed by atoms with van der Waals surface area (Å²) in [5.74, 6) is -12.7. The molecule has 0 amide bonds. The summed E-state index contributed by atoms with van der Waals surface area (Å²) in [6, 6.07) is 6.06. The van der Waals surface area contributed by atoms with Gasteiger partial charge in [0.05, 0.1) is 0 Å². The van der Waals surface area contributed by atoms with E-state index in [0.717, 1.165) is 12.0 Å². The third kappa shape index (κ3) is 3.25. The van der Waals surface area contributed by atoms with Gasteiger partial charge in [-0.15, -0.1) is 0 Å². The molecule has 0 bridgehead atoms. The van der Waals surface area contributed by atoms with E-state index >= 15 is 0 Å². The lowest BCUT2D eigenvalue weighted by Crippen LogP contribution is -2.17. The molecule has 0 fully saturated rings. The van der Waals surface area contributed by atoms with Gasteiger partial charge in [-0.05, 0) is 30.0 Å². The monoisotopic (exact) mass is 344 g/mol. The number of halogens is 5. The van der Waals surface area contributed by atoms with Crippen LogP contribution in [0.2, 0.25) is 0 Å². The van der Waals surface area contributed by atoms with Gasteiger partial charge in [-0.3, -0.25) is 0 Å². The van der Waals surface area contributed by atoms with Crippen LogP contribution in [0.15, 0.2) is 24.3 Å². The van der Waals surface area contributed by atoms with Crippen LogP contribution in [0, 0.1) is 29.1 Å². The zero-order chi connectivity index (χ0) is 18.0. The molecular formula is C17H13F5O2. The first kappa shape index (κ1) is 17.9. The molecule has 128 valence electrons. The molecule has 2 nitrogen and oxygen atoms in total. The van der Waals surface area contributed by atoms with Crippen LogP contribution in [0.1, 0.15) is 42.1 Å². The van der Waals surface area contributed by atoms with E-state index in [1.807, 2.05) is 13.8 Å². The molecule has 7 heteroatoms. The number of ether oxygens (including phenoxy) is 1. The van der Waals surface area contributed by atoms with E-state index in [9.17, 15) is 26.7 Å². The van der Waals surface area contributed by atoms with Crippen molar-refractivity contribution < 1.29 is 31.5 Å². The molecule has 1 unspecified atom stereocenters. The van der Waals surface area contributed by atoms with Gasteiger partial charge in [0.2, 0.25) is 5.82 Å². The van der Waals surface area contributed by atoms with Crippen molar-refractivity contribution in [1.82, 2.24) is 0 Å². The van der Waals surface area contributed by atoms with E-state index in [0.29, 0.717) is 0 Å². The van der Waals surface area contributed by atoms with Crippen LogP contribution in [0.25, 0.3) is 0 Å². The molecule has 0 saturated heterocycles. The summed E-state index contributed by atoms with van der Waals surface area (Å²) in [6.45, 7) is 3.97. The van der Waals surface area contributed by atoms with Crippen molar-refractivity contribution in [2.75, 3.05) is 0 Å². The largest absolute Gasteiger partial charge is 0.423 e. The maximum absolute atomic E-state index is 13.5. The van der Waals surface area contributed by atoms with E-state index in [4.69, 9.17) is 4.74 Å². The molecule has 0 aliphatic heterocycles. The lowest BCUT2D eigenvalue weighted by atomic mass is 9.99. The fourth-order valence-electron chi connectivity index (χ4n) is 2.04. The van der Waals surface area contributed by atoms with E-state index in [1.165, 1.54) is 12.1 Å². The van der Waals surface area contributed by atoms with Gasteiger partial charge in [0.1, 0.15) is 11.3 Å². The van der Waals surface area contributed by atoms with Gasteiger partial charge in [0.15, 0.2) is 23.3 Å². The van der Waals surface area contributed by atoms with E-state index in [-0.39, 0.29) is 11.7 Å². The number of hydrogen-bond donors (Lipinski definition) is 0. The number of carbonyl (C=O) groups excluding carboxylic acids is 1. The van der Waals surface area contributed by atoms with Gasteiger partial charge in [-0.25, -0.2) is 26.7 Å². The van der Waals surface area contributed by atoms with Crippen LogP contribution in [0.3, 0.4) is 0 Å². The number of benzene rings is 2. The Labute approximate surface area is 134 Å². The molecule has 0 aliphatic carbocycles. The first-order chi connectivity index (χ1) is 11.3. The number of esters is 1. The average molecular weight is 344 g/mol. The summed E-state index contributed by atoms with van der Waals surface area (Å²) in [7, 11) is 0. The first-order valence-corrected chi connectivity index (χ1v) is 7.11. The number of carbonyl (C=O) groups is 1. The predicted molar refractivity (Wildman–Crippen MR) is 76.3 cm³/mol. The molecule has 2 aromatic carbocycles. The molecule has 0 N–H and O–H groups in total. The highest BCUT2D eigenvalue weighted by atomic mass is 19.2. The Morgan fingerprint density at radius 2 is 1.38 bits per heavy atom. The topological polar surface area (TPSA) is 26.3 Å². The fraction of sp³-hybridized carbons (Fsp3) is 0.235. The third-order valence-corrected chi connectivity index (χ3v) is 3.69. The van der Waals surface area contributed by atoms with Crippen LogP contribution in [0.4, 0.5) is 22.0 Å². The average Bonchev–Trinajstić information content (AvgIpc) is 2.58. The van der Waals surface area contributed by atoms with Crippen LogP contribution in [-0.2, 0) is 0 Å². The highest BCUT2D eigenvalue weighted by Gasteiger charge is 2.30. The summed E-state index contributed by atoms with van der Waals surface area (Å²) in [6.07, 6.45) is 0.879. The smallest absolute Gasteiger partial charge is 0.349 e. The van der Waals surface area contributed by atoms with Gasteiger partial charge in [0, 0.05) is 0 Å². The van der Waals surface area contributed by atoms with Crippen molar-refractivity contribution in [1.29, 1.82) is 0 Å². The molecular weight excluding hydrogens is 331 g/mol. The van der Waals surface area contributed by atoms with Gasteiger partial charge in [-0.2, -0.15) is 0 Å². The number of hydrogen-bond acceptors (Lipinski definition) is 2. The SMILES string of the molecule is CCC(C)c1ccc(OC(=O)c2c(F)c(F)c(F)c(F)c2F)cc1. The minimum Gasteiger partial charge on any atom is -0.423 e. The van der Waals surface area contributed by atoms with E-state index in [1.54, 1.807) is 12.1 Å². The normalized spacial score (nSPS) is 12.1. The maximum Gasteiger partial charge on any atom is 0.349 e. The fourth-order valence-corrected chi connectivity index (χ4v) is 2.04. The summed E-state index contributed by atoms with van der Waals surface area (Å²) in [4.78, 5) is 11.8. The van der Waals surface area contributed by atoms with Crippen molar-refractivity contribution in [3.63, 3.8) is 0 Å².